The van der Waals surface area contributed by atoms with E-state index in [-0.39, 0.29) is 35.7 Å². The van der Waals surface area contributed by atoms with E-state index in [0.29, 0.717) is 13.1 Å². The van der Waals surface area contributed by atoms with Gasteiger partial charge in [-0.2, -0.15) is 0 Å². The average Bonchev–Trinajstić information content (AvgIpc) is 3.95. The van der Waals surface area contributed by atoms with E-state index in [1.807, 2.05) is 49.9 Å². The van der Waals surface area contributed by atoms with Crippen LogP contribution in [0, 0.1) is 11.8 Å². The molecule has 0 saturated carbocycles. The number of carbonyl (C=O) groups excluding carboxylic acids is 3. The van der Waals surface area contributed by atoms with Crippen LogP contribution in [-0.2, 0) is 14.3 Å². The number of benzene rings is 2. The van der Waals surface area contributed by atoms with Gasteiger partial charge in [-0.1, -0.05) is 76.2 Å². The number of nitrogens with zero attached hydrogens (tertiary/aromatic N) is 4. The molecule has 6 rings (SSSR count). The standard InChI is InChI=1S/C41H54N8O4/c1-24(2)34(42)38(50)48-20-8-10-32(48)36-43-22-30(45-36)28-16-12-26(13-17-28)27-14-18-29(19-15-27)31-23-44-37(46-31)33-11-9-21-49(33)39(51)35(25(3)4)47-40(52)53-41(5,6)7/h12-19,22-25,32-35H,8-11,20-21,42H2,1-7H3,(H,43,45)(H,44,46)(H,47,52)/t32-,33?,34-,35-/m0/s1. The number of ether oxygens (including phenoxy) is 1. The van der Waals surface area contributed by atoms with E-state index in [9.17, 15) is 14.4 Å². The molecule has 4 heterocycles. The summed E-state index contributed by atoms with van der Waals surface area (Å²) >= 11 is 0. The number of hydrogen-bond acceptors (Lipinski definition) is 7. The first kappa shape index (κ1) is 37.8. The highest BCUT2D eigenvalue weighted by Crippen LogP contribution is 2.35. The van der Waals surface area contributed by atoms with Gasteiger partial charge in [0.1, 0.15) is 23.3 Å². The quantitative estimate of drug-likeness (QED) is 0.137. The second-order valence-corrected chi connectivity index (χ2v) is 16.0. The van der Waals surface area contributed by atoms with Crippen LogP contribution in [0.4, 0.5) is 4.79 Å². The number of nitrogens with one attached hydrogen (secondary N) is 3. The summed E-state index contributed by atoms with van der Waals surface area (Å²) in [7, 11) is 0. The molecule has 282 valence electrons. The third kappa shape index (κ3) is 8.48. The lowest BCUT2D eigenvalue weighted by molar-refractivity contribution is -0.136. The van der Waals surface area contributed by atoms with Gasteiger partial charge in [0.05, 0.1) is 41.9 Å². The first-order chi connectivity index (χ1) is 25.2. The maximum atomic E-state index is 13.7. The largest absolute Gasteiger partial charge is 0.444 e. The summed E-state index contributed by atoms with van der Waals surface area (Å²) in [6.07, 6.45) is 6.50. The molecular weight excluding hydrogens is 669 g/mol. The highest BCUT2D eigenvalue weighted by molar-refractivity contribution is 5.86. The zero-order chi connectivity index (χ0) is 38.0. The molecule has 4 aromatic rings. The molecule has 5 N–H and O–H groups in total. The van der Waals surface area contributed by atoms with Crippen LogP contribution in [0.2, 0.25) is 0 Å². The molecule has 2 aliphatic heterocycles. The maximum Gasteiger partial charge on any atom is 0.408 e. The van der Waals surface area contributed by atoms with Crippen LogP contribution in [0.25, 0.3) is 33.6 Å². The van der Waals surface area contributed by atoms with E-state index in [1.54, 1.807) is 20.8 Å². The summed E-state index contributed by atoms with van der Waals surface area (Å²) in [6, 6.07) is 15.2. The SMILES string of the molecule is CC(C)[C@H](N)C(=O)N1CCC[C@H]1c1ncc(-c2ccc(-c3ccc(-c4cnc(C5CCCN5C(=O)[C@@H](NC(=O)OC(C)(C)C)C(C)C)[nH]4)cc3)cc2)[nH]1. The topological polar surface area (TPSA) is 162 Å². The van der Waals surface area contributed by atoms with Crippen molar-refractivity contribution in [3.05, 3.63) is 72.6 Å². The van der Waals surface area contributed by atoms with Crippen molar-refractivity contribution in [1.82, 2.24) is 35.1 Å². The van der Waals surface area contributed by atoms with Gasteiger partial charge in [0.25, 0.3) is 0 Å². The molecule has 12 heteroatoms. The number of rotatable bonds is 10. The Hall–Kier alpha value is -4.97. The molecule has 1 unspecified atom stereocenters. The lowest BCUT2D eigenvalue weighted by Crippen LogP contribution is -2.52. The minimum Gasteiger partial charge on any atom is -0.444 e. The Morgan fingerprint density at radius 1 is 0.736 bits per heavy atom. The van der Waals surface area contributed by atoms with Crippen LogP contribution in [0.15, 0.2) is 60.9 Å². The highest BCUT2D eigenvalue weighted by atomic mass is 16.6. The van der Waals surface area contributed by atoms with Gasteiger partial charge in [0, 0.05) is 13.1 Å². The van der Waals surface area contributed by atoms with Gasteiger partial charge in [-0.15, -0.1) is 0 Å². The molecule has 2 aromatic heterocycles. The van der Waals surface area contributed by atoms with Gasteiger partial charge in [0.2, 0.25) is 11.8 Å². The van der Waals surface area contributed by atoms with Gasteiger partial charge in [-0.25, -0.2) is 14.8 Å². The number of alkyl carbamates (subject to hydrolysis) is 1. The molecule has 0 bridgehead atoms. The maximum absolute atomic E-state index is 13.7. The second-order valence-electron chi connectivity index (χ2n) is 16.0. The Morgan fingerprint density at radius 2 is 1.17 bits per heavy atom. The molecule has 2 saturated heterocycles. The van der Waals surface area contributed by atoms with E-state index in [4.69, 9.17) is 15.5 Å². The number of likely N-dealkylation sites (tertiary alicyclic amines) is 2. The van der Waals surface area contributed by atoms with E-state index in [0.717, 1.165) is 71.0 Å². The molecule has 2 aromatic carbocycles. The van der Waals surface area contributed by atoms with Gasteiger partial charge in [-0.05, 0) is 80.5 Å². The number of nitrogens with two attached hydrogens (primary N) is 1. The molecule has 2 fully saturated rings. The molecule has 2 aliphatic rings. The molecule has 53 heavy (non-hydrogen) atoms. The second kappa shape index (κ2) is 15.6. The Balaban J connectivity index is 1.10. The van der Waals surface area contributed by atoms with Crippen LogP contribution in [-0.4, -0.2) is 78.4 Å². The number of hydrogen-bond donors (Lipinski definition) is 4. The lowest BCUT2D eigenvalue weighted by Gasteiger charge is -2.31. The Kier molecular flexibility index (Phi) is 11.1. The van der Waals surface area contributed by atoms with Crippen molar-refractivity contribution >= 4 is 17.9 Å². The normalized spacial score (nSPS) is 18.8. The molecule has 12 nitrogen and oxygen atoms in total. The average molecular weight is 723 g/mol. The van der Waals surface area contributed by atoms with Crippen LogP contribution in [0.1, 0.15) is 97.9 Å². The van der Waals surface area contributed by atoms with E-state index in [1.165, 1.54) is 0 Å². The predicted molar refractivity (Wildman–Crippen MR) is 205 cm³/mol. The summed E-state index contributed by atoms with van der Waals surface area (Å²) in [5.74, 6) is 1.36. The Labute approximate surface area is 312 Å². The number of aromatic nitrogens is 4. The first-order valence-corrected chi connectivity index (χ1v) is 18.9. The number of imidazole rings is 2. The number of H-pyrrole nitrogens is 2. The fraction of sp³-hybridized carbons (Fsp3) is 0.488. The predicted octanol–water partition coefficient (Wildman–Crippen LogP) is 6.99. The molecule has 4 atom stereocenters. The smallest absolute Gasteiger partial charge is 0.408 e. The molecular formula is C41H54N8O4. The zero-order valence-electron chi connectivity index (χ0n) is 32.0. The van der Waals surface area contributed by atoms with Crippen molar-refractivity contribution in [2.45, 2.75) is 104 Å². The monoisotopic (exact) mass is 722 g/mol. The first-order valence-electron chi connectivity index (χ1n) is 18.9. The molecule has 0 spiro atoms. The van der Waals surface area contributed by atoms with Crippen LogP contribution >= 0.6 is 0 Å². The van der Waals surface area contributed by atoms with Crippen molar-refractivity contribution in [3.8, 4) is 33.6 Å². The minimum atomic E-state index is -0.701. The van der Waals surface area contributed by atoms with Gasteiger partial charge >= 0.3 is 6.09 Å². The Bertz CT molecular complexity index is 1890. The van der Waals surface area contributed by atoms with Crippen molar-refractivity contribution < 1.29 is 19.1 Å². The Morgan fingerprint density at radius 3 is 1.58 bits per heavy atom. The summed E-state index contributed by atoms with van der Waals surface area (Å²) in [4.78, 5) is 59.3. The third-order valence-electron chi connectivity index (χ3n) is 10.2. The van der Waals surface area contributed by atoms with E-state index in [2.05, 4.69) is 68.8 Å². The van der Waals surface area contributed by atoms with Crippen molar-refractivity contribution in [2.75, 3.05) is 13.1 Å². The van der Waals surface area contributed by atoms with E-state index < -0.39 is 23.8 Å². The minimum absolute atomic E-state index is 0.0120. The fourth-order valence-electron chi connectivity index (χ4n) is 7.22. The van der Waals surface area contributed by atoms with Crippen molar-refractivity contribution in [2.24, 2.45) is 17.6 Å². The number of aromatic amines is 2. The zero-order valence-corrected chi connectivity index (χ0v) is 32.0. The molecule has 0 aliphatic carbocycles. The van der Waals surface area contributed by atoms with Crippen LogP contribution in [0.5, 0.6) is 0 Å². The summed E-state index contributed by atoms with van der Waals surface area (Å²) in [6.45, 7) is 14.5. The summed E-state index contributed by atoms with van der Waals surface area (Å²) in [5.41, 5.74) is 11.5. The lowest BCUT2D eigenvalue weighted by atomic mass is 10.0. The molecule has 3 amide bonds. The number of carbonyl (C=O) groups is 3. The summed E-state index contributed by atoms with van der Waals surface area (Å²) < 4.78 is 5.44. The summed E-state index contributed by atoms with van der Waals surface area (Å²) in [5, 5.41) is 2.80. The van der Waals surface area contributed by atoms with E-state index >= 15 is 0 Å². The molecule has 0 radical (unpaired) electrons. The van der Waals surface area contributed by atoms with Crippen LogP contribution < -0.4 is 11.1 Å². The highest BCUT2D eigenvalue weighted by Gasteiger charge is 2.38. The van der Waals surface area contributed by atoms with Crippen molar-refractivity contribution in [3.63, 3.8) is 0 Å². The third-order valence-corrected chi connectivity index (χ3v) is 10.2. The fourth-order valence-corrected chi connectivity index (χ4v) is 7.22. The van der Waals surface area contributed by atoms with Gasteiger partial charge in [-0.3, -0.25) is 9.59 Å². The van der Waals surface area contributed by atoms with Gasteiger partial charge in [0.15, 0.2) is 0 Å². The van der Waals surface area contributed by atoms with Crippen LogP contribution in [0.3, 0.4) is 0 Å². The van der Waals surface area contributed by atoms with Gasteiger partial charge < -0.3 is 35.6 Å². The number of amides is 3. The van der Waals surface area contributed by atoms with Crippen molar-refractivity contribution in [1.29, 1.82) is 0 Å².